The topological polar surface area (TPSA) is 26.0 Å². The Kier molecular flexibility index (Phi) is 2.73. The van der Waals surface area contributed by atoms with Crippen molar-refractivity contribution in [1.29, 1.82) is 0 Å². The third-order valence-corrected chi connectivity index (χ3v) is 2.55. The van der Waals surface area contributed by atoms with Crippen molar-refractivity contribution in [2.75, 3.05) is 0 Å². The summed E-state index contributed by atoms with van der Waals surface area (Å²) in [7, 11) is 0. The van der Waals surface area contributed by atoms with Crippen molar-refractivity contribution in [1.82, 2.24) is 4.98 Å². The van der Waals surface area contributed by atoms with Crippen LogP contribution in [0, 0.1) is 18.6 Å². The fraction of sp³-hybridized carbons (Fsp3) is 0.250. The normalized spacial score (nSPS) is 10.8. The van der Waals surface area contributed by atoms with Crippen molar-refractivity contribution in [3.8, 4) is 11.3 Å². The lowest BCUT2D eigenvalue weighted by Gasteiger charge is -2.07. The molecule has 0 N–H and O–H groups in total. The molecule has 1 aromatic heterocycles. The summed E-state index contributed by atoms with van der Waals surface area (Å²) in [6, 6.07) is 2.64. The van der Waals surface area contributed by atoms with Gasteiger partial charge in [-0.05, 0) is 25.5 Å². The SMILES string of the molecule is CCc1c(-c2ncoc2C)ccc(F)c1F. The Morgan fingerprint density at radius 2 is 2.06 bits per heavy atom. The first kappa shape index (κ1) is 10.8. The molecule has 2 aromatic rings. The lowest BCUT2D eigenvalue weighted by atomic mass is 10.0. The predicted octanol–water partition coefficient (Wildman–Crippen LogP) is 3.49. The lowest BCUT2D eigenvalue weighted by Crippen LogP contribution is -1.97. The molecule has 0 atom stereocenters. The fourth-order valence-electron chi connectivity index (χ4n) is 1.72. The Hall–Kier alpha value is -1.71. The molecule has 0 saturated heterocycles. The first-order valence-electron chi connectivity index (χ1n) is 5.02. The van der Waals surface area contributed by atoms with Crippen LogP contribution in [-0.2, 0) is 6.42 Å². The van der Waals surface area contributed by atoms with Gasteiger partial charge in [0.1, 0.15) is 11.5 Å². The van der Waals surface area contributed by atoms with Gasteiger partial charge >= 0.3 is 0 Å². The zero-order valence-corrected chi connectivity index (χ0v) is 9.05. The van der Waals surface area contributed by atoms with Gasteiger partial charge in [0.2, 0.25) is 0 Å². The van der Waals surface area contributed by atoms with Crippen LogP contribution in [-0.4, -0.2) is 4.98 Å². The lowest BCUT2D eigenvalue weighted by molar-refractivity contribution is 0.500. The van der Waals surface area contributed by atoms with Gasteiger partial charge in [-0.3, -0.25) is 0 Å². The number of rotatable bonds is 2. The molecule has 4 heteroatoms. The zero-order valence-electron chi connectivity index (χ0n) is 9.05. The van der Waals surface area contributed by atoms with Crippen molar-refractivity contribution >= 4 is 0 Å². The summed E-state index contributed by atoms with van der Waals surface area (Å²) >= 11 is 0. The highest BCUT2D eigenvalue weighted by molar-refractivity contribution is 5.65. The molecule has 0 amide bonds. The molecule has 1 heterocycles. The third kappa shape index (κ3) is 1.60. The second-order valence-electron chi connectivity index (χ2n) is 3.50. The second kappa shape index (κ2) is 4.04. The van der Waals surface area contributed by atoms with E-state index in [0.717, 1.165) is 6.07 Å². The smallest absolute Gasteiger partial charge is 0.181 e. The third-order valence-electron chi connectivity index (χ3n) is 2.55. The molecule has 0 aliphatic rings. The van der Waals surface area contributed by atoms with Crippen LogP contribution >= 0.6 is 0 Å². The van der Waals surface area contributed by atoms with E-state index in [1.807, 2.05) is 0 Å². The standard InChI is InChI=1S/C12H11F2NO/c1-3-8-9(4-5-10(13)11(8)14)12-7(2)16-6-15-12/h4-6H,3H2,1-2H3. The van der Waals surface area contributed by atoms with Crippen LogP contribution in [0.1, 0.15) is 18.2 Å². The van der Waals surface area contributed by atoms with E-state index >= 15 is 0 Å². The van der Waals surface area contributed by atoms with E-state index < -0.39 is 11.6 Å². The Morgan fingerprint density at radius 3 is 2.62 bits per heavy atom. The van der Waals surface area contributed by atoms with Crippen molar-refractivity contribution in [3.05, 3.63) is 41.5 Å². The minimum atomic E-state index is -0.832. The van der Waals surface area contributed by atoms with Gasteiger partial charge in [-0.2, -0.15) is 0 Å². The summed E-state index contributed by atoms with van der Waals surface area (Å²) in [6.45, 7) is 3.51. The van der Waals surface area contributed by atoms with Crippen molar-refractivity contribution in [3.63, 3.8) is 0 Å². The summed E-state index contributed by atoms with van der Waals surface area (Å²) in [5.41, 5.74) is 1.49. The molecular weight excluding hydrogens is 212 g/mol. The molecule has 0 bridgehead atoms. The highest BCUT2D eigenvalue weighted by Crippen LogP contribution is 2.28. The molecule has 0 aliphatic heterocycles. The average molecular weight is 223 g/mol. The van der Waals surface area contributed by atoms with Crippen molar-refractivity contribution in [2.45, 2.75) is 20.3 Å². The van der Waals surface area contributed by atoms with Crippen LogP contribution in [0.25, 0.3) is 11.3 Å². The van der Waals surface area contributed by atoms with Crippen LogP contribution in [0.4, 0.5) is 8.78 Å². The minimum absolute atomic E-state index is 0.331. The van der Waals surface area contributed by atoms with E-state index in [-0.39, 0.29) is 0 Å². The Bertz CT molecular complexity index is 520. The number of halogens is 2. The molecule has 0 saturated carbocycles. The molecule has 0 aliphatic carbocycles. The van der Waals surface area contributed by atoms with E-state index in [0.29, 0.717) is 29.0 Å². The number of aromatic nitrogens is 1. The number of nitrogens with zero attached hydrogens (tertiary/aromatic N) is 1. The second-order valence-corrected chi connectivity index (χ2v) is 3.50. The Labute approximate surface area is 91.9 Å². The van der Waals surface area contributed by atoms with E-state index in [2.05, 4.69) is 4.98 Å². The average Bonchev–Trinajstić information content (AvgIpc) is 2.68. The summed E-state index contributed by atoms with van der Waals surface area (Å²) in [6.07, 6.45) is 1.70. The van der Waals surface area contributed by atoms with Gasteiger partial charge in [0.25, 0.3) is 0 Å². The van der Waals surface area contributed by atoms with Gasteiger partial charge in [-0.15, -0.1) is 0 Å². The van der Waals surface area contributed by atoms with Crippen LogP contribution in [0.5, 0.6) is 0 Å². The van der Waals surface area contributed by atoms with E-state index in [1.165, 1.54) is 12.5 Å². The fourth-order valence-corrected chi connectivity index (χ4v) is 1.72. The molecule has 1 aromatic carbocycles. The number of benzene rings is 1. The number of hydrogen-bond acceptors (Lipinski definition) is 2. The minimum Gasteiger partial charge on any atom is -0.448 e. The maximum absolute atomic E-state index is 13.6. The summed E-state index contributed by atoms with van der Waals surface area (Å²) in [4.78, 5) is 4.01. The maximum Gasteiger partial charge on any atom is 0.181 e. The molecule has 0 unspecified atom stereocenters. The van der Waals surface area contributed by atoms with Gasteiger partial charge in [-0.25, -0.2) is 13.8 Å². The zero-order chi connectivity index (χ0) is 11.7. The molecular formula is C12H11F2NO. The largest absolute Gasteiger partial charge is 0.448 e. The van der Waals surface area contributed by atoms with Gasteiger partial charge in [0.15, 0.2) is 18.0 Å². The Balaban J connectivity index is 2.66. The molecule has 16 heavy (non-hydrogen) atoms. The van der Waals surface area contributed by atoms with Crippen molar-refractivity contribution in [2.24, 2.45) is 0 Å². The quantitative estimate of drug-likeness (QED) is 0.778. The summed E-state index contributed by atoms with van der Waals surface area (Å²) < 4.78 is 31.7. The molecule has 2 nitrogen and oxygen atoms in total. The number of oxazole rings is 1. The predicted molar refractivity (Wildman–Crippen MR) is 56.0 cm³/mol. The van der Waals surface area contributed by atoms with Gasteiger partial charge in [0, 0.05) is 11.1 Å². The highest BCUT2D eigenvalue weighted by Gasteiger charge is 2.16. The van der Waals surface area contributed by atoms with Gasteiger partial charge < -0.3 is 4.42 Å². The molecule has 0 spiro atoms. The molecule has 0 radical (unpaired) electrons. The van der Waals surface area contributed by atoms with Gasteiger partial charge in [0.05, 0.1) is 0 Å². The van der Waals surface area contributed by atoms with Crippen LogP contribution in [0.2, 0.25) is 0 Å². The van der Waals surface area contributed by atoms with E-state index in [4.69, 9.17) is 4.42 Å². The molecule has 2 rings (SSSR count). The van der Waals surface area contributed by atoms with E-state index in [1.54, 1.807) is 13.8 Å². The molecule has 0 fully saturated rings. The van der Waals surface area contributed by atoms with Crippen LogP contribution < -0.4 is 0 Å². The molecule has 84 valence electrons. The summed E-state index contributed by atoms with van der Waals surface area (Å²) in [5.74, 6) is -1.04. The first-order chi connectivity index (χ1) is 7.65. The van der Waals surface area contributed by atoms with Crippen LogP contribution in [0.15, 0.2) is 22.9 Å². The van der Waals surface area contributed by atoms with Crippen LogP contribution in [0.3, 0.4) is 0 Å². The van der Waals surface area contributed by atoms with E-state index in [9.17, 15) is 8.78 Å². The summed E-state index contributed by atoms with van der Waals surface area (Å²) in [5, 5.41) is 0. The Morgan fingerprint density at radius 1 is 1.31 bits per heavy atom. The number of hydrogen-bond donors (Lipinski definition) is 0. The van der Waals surface area contributed by atoms with Gasteiger partial charge in [-0.1, -0.05) is 6.92 Å². The monoisotopic (exact) mass is 223 g/mol. The van der Waals surface area contributed by atoms with Crippen molar-refractivity contribution < 1.29 is 13.2 Å². The number of aryl methyl sites for hydroxylation is 1. The highest BCUT2D eigenvalue weighted by atomic mass is 19.2. The maximum atomic E-state index is 13.6. The first-order valence-corrected chi connectivity index (χ1v) is 5.02.